The Morgan fingerprint density at radius 2 is 2.10 bits per heavy atom. The van der Waals surface area contributed by atoms with Crippen LogP contribution in [0.2, 0.25) is 0 Å². The highest BCUT2D eigenvalue weighted by Gasteiger charge is 2.16. The van der Waals surface area contributed by atoms with E-state index in [1.165, 1.54) is 13.8 Å². The van der Waals surface area contributed by atoms with Gasteiger partial charge in [-0.15, -0.1) is 0 Å². The fourth-order valence-electron chi connectivity index (χ4n) is 0.383. The fraction of sp³-hybridized carbons (Fsp3) is 0.800. The van der Waals surface area contributed by atoms with E-state index in [1.54, 1.807) is 0 Å². The van der Waals surface area contributed by atoms with Crippen LogP contribution in [0.3, 0.4) is 0 Å². The summed E-state index contributed by atoms with van der Waals surface area (Å²) in [6.45, 7) is 2.71. The summed E-state index contributed by atoms with van der Waals surface area (Å²) in [4.78, 5) is 0. The lowest BCUT2D eigenvalue weighted by Gasteiger charge is -2.11. The van der Waals surface area contributed by atoms with Crippen LogP contribution >= 0.6 is 0 Å². The number of hydrogen-bond donors (Lipinski definition) is 0. The Morgan fingerprint density at radius 3 is 2.30 bits per heavy atom. The van der Waals surface area contributed by atoms with Crippen molar-refractivity contribution in [1.29, 1.82) is 0 Å². The second kappa shape index (κ2) is 2.72. The first kappa shape index (κ1) is 9.00. The molecule has 10 heavy (non-hydrogen) atoms. The van der Waals surface area contributed by atoms with Gasteiger partial charge in [-0.3, -0.25) is 10.3 Å². The number of tetrazole rings is 1. The van der Waals surface area contributed by atoms with E-state index in [2.05, 4.69) is 20.6 Å². The molecule has 0 aliphatic heterocycles. The number of hydrogen-bond acceptors (Lipinski definition) is 3. The van der Waals surface area contributed by atoms with Crippen LogP contribution in [0, 0.1) is 0 Å². The first-order valence-corrected chi connectivity index (χ1v) is 2.49. The molecule has 0 spiro atoms. The van der Waals surface area contributed by atoms with Crippen molar-refractivity contribution < 1.29 is 4.39 Å². The second-order valence-corrected chi connectivity index (χ2v) is 2.17. The lowest BCUT2D eigenvalue weighted by Crippen LogP contribution is -2.12. The van der Waals surface area contributed by atoms with Gasteiger partial charge in [0, 0.05) is 5.82 Å². The molecule has 0 aliphatic carbocycles. The molecule has 0 aromatic carbocycles. The Kier molecular flexibility index (Phi) is 2.45. The van der Waals surface area contributed by atoms with Crippen molar-refractivity contribution in [1.82, 2.24) is 20.6 Å². The van der Waals surface area contributed by atoms with Crippen molar-refractivity contribution in [2.75, 3.05) is 0 Å². The molecule has 1 heterocycles. The molecule has 0 amide bonds. The Balaban J connectivity index is 0.000000810. The van der Waals surface area contributed by atoms with E-state index < -0.39 is 5.67 Å². The number of aromatic nitrogens is 4. The normalized spacial score (nSPS) is 10.7. The molecule has 0 bridgehead atoms. The summed E-state index contributed by atoms with van der Waals surface area (Å²) in [5.74, 6) is 0.0301. The molecule has 0 aliphatic rings. The summed E-state index contributed by atoms with van der Waals surface area (Å²) in [7, 11) is 0. The van der Waals surface area contributed by atoms with Crippen molar-refractivity contribution >= 4 is 0 Å². The third-order valence-electron chi connectivity index (χ3n) is 0.851. The van der Waals surface area contributed by atoms with Crippen LogP contribution in [0.1, 0.15) is 27.1 Å². The SMILES string of the molecule is C.CC(C)(F)c1nnn[n-]1. The molecule has 0 saturated carbocycles. The average Bonchev–Trinajstić information content (AvgIpc) is 2.08. The van der Waals surface area contributed by atoms with Gasteiger partial charge in [0.25, 0.3) is 0 Å². The first-order valence-electron chi connectivity index (χ1n) is 2.49. The molecule has 0 saturated heterocycles. The summed E-state index contributed by atoms with van der Waals surface area (Å²) < 4.78 is 12.7. The molecule has 0 N–H and O–H groups in total. The zero-order chi connectivity index (χ0) is 6.91. The molecule has 4 nitrogen and oxygen atoms in total. The quantitative estimate of drug-likeness (QED) is 0.582. The lowest BCUT2D eigenvalue weighted by atomic mass is 10.2. The number of rotatable bonds is 1. The monoisotopic (exact) mass is 145 g/mol. The van der Waals surface area contributed by atoms with Gasteiger partial charge in [-0.05, 0) is 13.8 Å². The number of alkyl halides is 1. The largest absolute Gasteiger partial charge is 0.332 e. The summed E-state index contributed by atoms with van der Waals surface area (Å²) in [5.41, 5.74) is -1.52. The maximum atomic E-state index is 12.7. The van der Waals surface area contributed by atoms with Crippen molar-refractivity contribution in [2.45, 2.75) is 26.9 Å². The van der Waals surface area contributed by atoms with Crippen LogP contribution in [-0.2, 0) is 5.67 Å². The topological polar surface area (TPSA) is 52.8 Å². The van der Waals surface area contributed by atoms with Gasteiger partial charge in [-0.1, -0.05) is 7.43 Å². The highest BCUT2D eigenvalue weighted by Crippen LogP contribution is 2.17. The molecule has 1 aromatic heterocycles. The third-order valence-corrected chi connectivity index (χ3v) is 0.851. The van der Waals surface area contributed by atoms with Gasteiger partial charge in [0.1, 0.15) is 5.67 Å². The van der Waals surface area contributed by atoms with Gasteiger partial charge in [-0.25, -0.2) is 4.39 Å². The summed E-state index contributed by atoms with van der Waals surface area (Å²) >= 11 is 0. The molecular weight excluding hydrogens is 135 g/mol. The highest BCUT2D eigenvalue weighted by molar-refractivity contribution is 4.90. The summed E-state index contributed by atoms with van der Waals surface area (Å²) in [5, 5.41) is 13.0. The second-order valence-electron chi connectivity index (χ2n) is 2.17. The fourth-order valence-corrected chi connectivity index (χ4v) is 0.383. The Bertz CT molecular complexity index is 176. The van der Waals surface area contributed by atoms with Crippen LogP contribution in [0.5, 0.6) is 0 Å². The molecule has 1 rings (SSSR count). The van der Waals surface area contributed by atoms with Crippen LogP contribution in [-0.4, -0.2) is 15.5 Å². The minimum Gasteiger partial charge on any atom is -0.332 e. The molecule has 0 atom stereocenters. The van der Waals surface area contributed by atoms with Crippen LogP contribution in [0.15, 0.2) is 0 Å². The Labute approximate surface area is 58.8 Å². The highest BCUT2D eigenvalue weighted by atomic mass is 19.1. The zero-order valence-electron chi connectivity index (χ0n) is 5.17. The van der Waals surface area contributed by atoms with Crippen molar-refractivity contribution in [3.8, 4) is 0 Å². The van der Waals surface area contributed by atoms with Crippen molar-refractivity contribution in [2.24, 2.45) is 0 Å². The maximum absolute atomic E-state index is 12.7. The number of nitrogens with zero attached hydrogens (tertiary/aromatic N) is 4. The Hall–Kier alpha value is -1.00. The van der Waals surface area contributed by atoms with Gasteiger partial charge >= 0.3 is 0 Å². The zero-order valence-corrected chi connectivity index (χ0v) is 5.17. The van der Waals surface area contributed by atoms with Gasteiger partial charge in [0.2, 0.25) is 0 Å². The minimum absolute atomic E-state index is 0. The first-order chi connectivity index (χ1) is 4.11. The smallest absolute Gasteiger partial charge is 0.137 e. The lowest BCUT2D eigenvalue weighted by molar-refractivity contribution is 0.206. The van der Waals surface area contributed by atoms with Crippen LogP contribution < -0.4 is 5.10 Å². The van der Waals surface area contributed by atoms with Gasteiger partial charge < -0.3 is 5.10 Å². The van der Waals surface area contributed by atoms with E-state index >= 15 is 0 Å². The third kappa shape index (κ3) is 1.75. The Morgan fingerprint density at radius 1 is 1.50 bits per heavy atom. The van der Waals surface area contributed by atoms with E-state index in [1.807, 2.05) is 0 Å². The van der Waals surface area contributed by atoms with Crippen LogP contribution in [0.4, 0.5) is 4.39 Å². The average molecular weight is 145 g/mol. The van der Waals surface area contributed by atoms with E-state index in [-0.39, 0.29) is 13.3 Å². The molecule has 5 heteroatoms. The predicted octanol–water partition coefficient (Wildman–Crippen LogP) is 0.669. The van der Waals surface area contributed by atoms with E-state index in [0.29, 0.717) is 0 Å². The molecule has 0 unspecified atom stereocenters. The van der Waals surface area contributed by atoms with Gasteiger partial charge in [-0.2, -0.15) is 5.21 Å². The predicted molar refractivity (Wildman–Crippen MR) is 34.0 cm³/mol. The summed E-state index contributed by atoms with van der Waals surface area (Å²) in [6.07, 6.45) is 0. The van der Waals surface area contributed by atoms with E-state index in [4.69, 9.17) is 0 Å². The van der Waals surface area contributed by atoms with Crippen molar-refractivity contribution in [3.05, 3.63) is 5.82 Å². The van der Waals surface area contributed by atoms with Gasteiger partial charge in [0.15, 0.2) is 0 Å². The number of halogens is 1. The summed E-state index contributed by atoms with van der Waals surface area (Å²) in [6, 6.07) is 0. The molecule has 0 fully saturated rings. The standard InChI is InChI=1S/C4H6FN4.CH4/c1-4(2,5)3-6-8-9-7-3;/h1-2H3;1H4/q-1;. The molecule has 1 aromatic rings. The van der Waals surface area contributed by atoms with Crippen LogP contribution in [0.25, 0.3) is 0 Å². The minimum atomic E-state index is -1.52. The molecule has 58 valence electrons. The van der Waals surface area contributed by atoms with E-state index in [9.17, 15) is 4.39 Å². The van der Waals surface area contributed by atoms with Gasteiger partial charge in [0.05, 0.1) is 0 Å². The van der Waals surface area contributed by atoms with Crippen molar-refractivity contribution in [3.63, 3.8) is 0 Å². The molecule has 0 radical (unpaired) electrons. The van der Waals surface area contributed by atoms with E-state index in [0.717, 1.165) is 0 Å². The maximum Gasteiger partial charge on any atom is 0.137 e. The molecular formula is C5H10FN4-.